The molecule has 13 amide bonds. The maximum Gasteiger partial charge on any atom is 0.305 e. The van der Waals surface area contributed by atoms with Crippen LogP contribution in [-0.2, 0) is 86.4 Å². The van der Waals surface area contributed by atoms with Crippen molar-refractivity contribution in [2.45, 2.75) is 197 Å². The van der Waals surface area contributed by atoms with E-state index in [4.69, 9.17) is 28.7 Å². The van der Waals surface area contributed by atoms with Gasteiger partial charge in [0.2, 0.25) is 76.8 Å². The second-order valence-corrected chi connectivity index (χ2v) is 26.0. The first-order valence-corrected chi connectivity index (χ1v) is 34.0. The van der Waals surface area contributed by atoms with Gasteiger partial charge in [-0.2, -0.15) is 0 Å². The van der Waals surface area contributed by atoms with Crippen LogP contribution in [0.3, 0.4) is 0 Å². The number of phenols is 3. The number of nitrogens with two attached hydrogens (primary N) is 5. The van der Waals surface area contributed by atoms with Crippen molar-refractivity contribution in [2.24, 2.45) is 39.6 Å². The number of guanidine groups is 1. The fraction of sp³-hybridized carbons (Fsp3) is 0.515. The highest BCUT2D eigenvalue weighted by molar-refractivity contribution is 6.01. The minimum Gasteiger partial charge on any atom is -0.508 e. The molecule has 13 atom stereocenters. The predicted octanol–water partition coefficient (Wildman–Crippen LogP) is -5.48. The molecule has 0 spiro atoms. The van der Waals surface area contributed by atoms with Crippen LogP contribution >= 0.6 is 0 Å². The standard InChI is InChI=1S/C68H99N17O20/c1-34(2)28-47(60(98)80-49(31-40-17-23-43(91)24-18-40)61(99)81-50(33-54(93)94)62(100)78-46(57(71)95)29-38-13-19-41(89)20-14-38)79-59(97)44(10-6-7-25-69)76-58(96)45(11-8-26-74-68(72)73)77-64(102)52-12-9-27-85(52)67(105)51(32-53(70)92)82-65(103)55(35(3)86)84-66(104)56(36(4)87)83-63(101)48(75-37(5)88)30-39-15-21-42(90)22-16-39/h13-24,34-36,44-52,55-56,86-87,89-91H,6-12,25-33,69H2,1-5H3,(H2,70,92)(H2,71,95)(H,75,88)(H,76,96)(H,77,102)(H,78,100)(H,79,97)(H,80,98)(H,81,99)(H,82,103)(H,83,101)(H,84,104)(H,93,94)(H4,72,73,74)/t35-,36-,44+,45+,46+,47+,48+,49+,50+,51+,52+,55+,56+/m1/s1. The second kappa shape index (κ2) is 42.4. The predicted molar refractivity (Wildman–Crippen MR) is 376 cm³/mol. The van der Waals surface area contributed by atoms with Crippen LogP contribution in [0.5, 0.6) is 17.2 Å². The molecule has 26 N–H and O–H groups in total. The zero-order valence-corrected chi connectivity index (χ0v) is 59.0. The summed E-state index contributed by atoms with van der Waals surface area (Å²) in [6.07, 6.45) is -5.79. The van der Waals surface area contributed by atoms with Crippen molar-refractivity contribution in [3.63, 3.8) is 0 Å². The topological polar surface area (TPSA) is 626 Å². The number of primary amides is 2. The number of likely N-dealkylation sites (tertiary alicyclic amines) is 1. The largest absolute Gasteiger partial charge is 0.508 e. The quantitative estimate of drug-likeness (QED) is 0.0143. The molecule has 0 radical (unpaired) electrons. The first-order chi connectivity index (χ1) is 49.5. The van der Waals surface area contributed by atoms with E-state index < -0.39 is 174 Å². The number of hydrogen-bond donors (Lipinski definition) is 21. The number of carbonyl (C=O) groups excluding carboxylic acids is 13. The number of aromatic hydroxyl groups is 3. The summed E-state index contributed by atoms with van der Waals surface area (Å²) >= 11 is 0. The minimum absolute atomic E-state index is 0.0242. The molecule has 0 bridgehead atoms. The Labute approximate surface area is 605 Å². The van der Waals surface area contributed by atoms with E-state index in [9.17, 15) is 97.8 Å². The molecule has 37 nitrogen and oxygen atoms in total. The fourth-order valence-corrected chi connectivity index (χ4v) is 11.2. The van der Waals surface area contributed by atoms with Crippen LogP contribution in [0.2, 0.25) is 0 Å². The van der Waals surface area contributed by atoms with E-state index in [0.717, 1.165) is 25.7 Å². The molecule has 0 aliphatic carbocycles. The Morgan fingerprint density at radius 1 is 0.486 bits per heavy atom. The molecular weight excluding hydrogens is 1370 g/mol. The average molecular weight is 1470 g/mol. The number of carbonyl (C=O) groups is 14. The van der Waals surface area contributed by atoms with Crippen molar-refractivity contribution in [1.29, 1.82) is 0 Å². The van der Waals surface area contributed by atoms with E-state index in [1.165, 1.54) is 72.8 Å². The Kier molecular flexibility index (Phi) is 34.8. The number of carboxylic acid groups (broad SMARTS) is 1. The minimum atomic E-state index is -1.96. The number of unbranched alkanes of at least 4 members (excludes halogenated alkanes) is 1. The van der Waals surface area contributed by atoms with Crippen molar-refractivity contribution >= 4 is 88.7 Å². The number of benzene rings is 3. The molecule has 0 unspecified atom stereocenters. The molecule has 0 saturated carbocycles. The first-order valence-electron chi connectivity index (χ1n) is 34.0. The number of aliphatic imine (C=N–C) groups is 1. The molecule has 1 aliphatic rings. The lowest BCUT2D eigenvalue weighted by Crippen LogP contribution is -2.63. The van der Waals surface area contributed by atoms with Crippen LogP contribution in [-0.4, -0.2) is 223 Å². The summed E-state index contributed by atoms with van der Waals surface area (Å²) in [7, 11) is 0. The molecule has 1 aliphatic heterocycles. The fourth-order valence-electron chi connectivity index (χ4n) is 11.2. The number of hydrogen-bond acceptors (Lipinski definition) is 21. The van der Waals surface area contributed by atoms with Gasteiger partial charge in [-0.15, -0.1) is 0 Å². The molecule has 576 valence electrons. The molecule has 1 saturated heterocycles. The van der Waals surface area contributed by atoms with Crippen LogP contribution in [0.4, 0.5) is 0 Å². The Balaban J connectivity index is 1.60. The van der Waals surface area contributed by atoms with Gasteiger partial charge < -0.3 is 117 Å². The van der Waals surface area contributed by atoms with Gasteiger partial charge in [-0.1, -0.05) is 50.2 Å². The van der Waals surface area contributed by atoms with Gasteiger partial charge in [0.25, 0.3) is 0 Å². The number of phenolic OH excluding ortho intramolecular Hbond substituents is 3. The van der Waals surface area contributed by atoms with Crippen LogP contribution in [0, 0.1) is 5.92 Å². The number of nitrogens with zero attached hydrogens (tertiary/aromatic N) is 2. The van der Waals surface area contributed by atoms with Crippen LogP contribution in [0.25, 0.3) is 0 Å². The van der Waals surface area contributed by atoms with E-state index in [1.54, 1.807) is 13.8 Å². The van der Waals surface area contributed by atoms with Crippen molar-refractivity contribution in [3.05, 3.63) is 89.5 Å². The molecule has 1 fully saturated rings. The number of nitrogens with one attached hydrogen (secondary N) is 10. The highest BCUT2D eigenvalue weighted by Gasteiger charge is 2.42. The highest BCUT2D eigenvalue weighted by atomic mass is 16.4. The monoisotopic (exact) mass is 1470 g/mol. The zero-order valence-electron chi connectivity index (χ0n) is 59.0. The molecule has 0 aromatic heterocycles. The van der Waals surface area contributed by atoms with E-state index in [1.807, 2.05) is 0 Å². The van der Waals surface area contributed by atoms with Crippen LogP contribution < -0.4 is 81.8 Å². The SMILES string of the molecule is CC(=O)N[C@@H](Cc1ccc(O)cc1)C(=O)N[C@H](C(=O)N[C@H](C(=O)N[C@@H](CC(N)=O)C(=O)N1CCC[C@H]1C(=O)N[C@@H](CCCN=C(N)N)C(=O)N[C@@H](CCCCN)C(=O)N[C@@H](CC(C)C)C(=O)N[C@@H](Cc1ccc(O)cc1)C(=O)N[C@@H](CC(=O)O)C(=O)N[C@@H](Cc1ccc(O)cc1)C(N)=O)[C@@H](C)O)[C@@H](C)O. The van der Waals surface area contributed by atoms with Gasteiger partial charge in [-0.3, -0.25) is 72.1 Å². The van der Waals surface area contributed by atoms with Gasteiger partial charge in [0.1, 0.15) is 83.7 Å². The summed E-state index contributed by atoms with van der Waals surface area (Å²) in [5.41, 5.74) is 29.4. The maximum atomic E-state index is 14.7. The van der Waals surface area contributed by atoms with Crippen molar-refractivity contribution in [1.82, 2.24) is 58.1 Å². The molecule has 3 aromatic rings. The molecule has 37 heteroatoms. The molecule has 1 heterocycles. The van der Waals surface area contributed by atoms with Crippen molar-refractivity contribution in [3.8, 4) is 17.2 Å². The van der Waals surface area contributed by atoms with Crippen molar-refractivity contribution < 1.29 is 97.8 Å². The summed E-state index contributed by atoms with van der Waals surface area (Å²) in [6, 6.07) is -1.26. The Morgan fingerprint density at radius 2 is 0.886 bits per heavy atom. The third-order valence-corrected chi connectivity index (χ3v) is 16.6. The average Bonchev–Trinajstić information content (AvgIpc) is 1.75. The van der Waals surface area contributed by atoms with Gasteiger partial charge in [0, 0.05) is 39.3 Å². The van der Waals surface area contributed by atoms with Crippen LogP contribution in [0.15, 0.2) is 77.8 Å². The van der Waals surface area contributed by atoms with Gasteiger partial charge in [0.05, 0.1) is 25.0 Å². The normalized spacial score (nSPS) is 16.0. The van der Waals surface area contributed by atoms with Gasteiger partial charge >= 0.3 is 5.97 Å². The second-order valence-electron chi connectivity index (χ2n) is 26.0. The summed E-state index contributed by atoms with van der Waals surface area (Å²) in [5, 5.41) is 85.5. The molecule has 4 rings (SSSR count). The first kappa shape index (κ1) is 86.2. The van der Waals surface area contributed by atoms with Crippen LogP contribution in [0.1, 0.15) is 116 Å². The lowest BCUT2D eigenvalue weighted by molar-refractivity contribution is -0.144. The lowest BCUT2D eigenvalue weighted by Gasteiger charge is -2.31. The van der Waals surface area contributed by atoms with E-state index >= 15 is 0 Å². The van der Waals surface area contributed by atoms with E-state index in [2.05, 4.69) is 58.2 Å². The molecule has 105 heavy (non-hydrogen) atoms. The summed E-state index contributed by atoms with van der Waals surface area (Å²) < 4.78 is 0. The third kappa shape index (κ3) is 29.6. The van der Waals surface area contributed by atoms with E-state index in [-0.39, 0.29) is 113 Å². The Hall–Kier alpha value is -11.2. The lowest BCUT2D eigenvalue weighted by atomic mass is 9.99. The molecule has 3 aromatic carbocycles. The number of carboxylic acids is 1. The molecular formula is C68H99N17O20. The van der Waals surface area contributed by atoms with Gasteiger partial charge in [-0.25, -0.2) is 0 Å². The number of amides is 13. The van der Waals surface area contributed by atoms with E-state index in [0.29, 0.717) is 23.1 Å². The summed E-state index contributed by atoms with van der Waals surface area (Å²) in [5.74, 6) is -15.9. The number of rotatable bonds is 43. The number of aliphatic hydroxyl groups is 2. The maximum absolute atomic E-state index is 14.7. The van der Waals surface area contributed by atoms with Crippen molar-refractivity contribution in [2.75, 3.05) is 19.6 Å². The Morgan fingerprint density at radius 3 is 1.35 bits per heavy atom. The number of aliphatic hydroxyl groups excluding tert-OH is 2. The highest BCUT2D eigenvalue weighted by Crippen LogP contribution is 2.22. The third-order valence-electron chi connectivity index (χ3n) is 16.6. The summed E-state index contributed by atoms with van der Waals surface area (Å²) in [4.78, 5) is 197. The number of aliphatic carboxylic acids is 1. The summed E-state index contributed by atoms with van der Waals surface area (Å²) in [6.45, 7) is 6.66. The smallest absolute Gasteiger partial charge is 0.305 e. The van der Waals surface area contributed by atoms with Gasteiger partial charge in [0.15, 0.2) is 5.96 Å². The van der Waals surface area contributed by atoms with Gasteiger partial charge in [-0.05, 0) is 131 Å². The zero-order chi connectivity index (χ0) is 78.4. The Bertz CT molecular complexity index is 3540.